The van der Waals surface area contributed by atoms with Crippen molar-refractivity contribution in [3.63, 3.8) is 0 Å². The first-order chi connectivity index (χ1) is 13.2. The van der Waals surface area contributed by atoms with E-state index < -0.39 is 6.23 Å². The first kappa shape index (κ1) is 16.5. The average Bonchev–Trinajstić information content (AvgIpc) is 3.27. The number of aliphatic hydroxyl groups is 1. The molecule has 3 unspecified atom stereocenters. The lowest BCUT2D eigenvalue weighted by atomic mass is 9.96. The number of H-pyrrole nitrogens is 1. The van der Waals surface area contributed by atoms with Crippen LogP contribution in [-0.4, -0.2) is 63.4 Å². The van der Waals surface area contributed by atoms with Crippen LogP contribution in [0.1, 0.15) is 12.0 Å². The lowest BCUT2D eigenvalue weighted by Gasteiger charge is -2.48. The zero-order chi connectivity index (χ0) is 18.4. The molecule has 4 heterocycles. The van der Waals surface area contributed by atoms with Gasteiger partial charge in [0.2, 0.25) is 0 Å². The Morgan fingerprint density at radius 1 is 1.30 bits per heavy atom. The molecular weight excluding hydrogens is 340 g/mol. The molecule has 0 radical (unpaired) electrons. The quantitative estimate of drug-likeness (QED) is 0.641. The van der Waals surface area contributed by atoms with Gasteiger partial charge in [-0.2, -0.15) is 0 Å². The zero-order valence-electron chi connectivity index (χ0n) is 15.3. The summed E-state index contributed by atoms with van der Waals surface area (Å²) >= 11 is 0. The van der Waals surface area contributed by atoms with E-state index in [1.807, 2.05) is 31.4 Å². The summed E-state index contributed by atoms with van der Waals surface area (Å²) in [6, 6.07) is 11.1. The van der Waals surface area contributed by atoms with Crippen molar-refractivity contribution in [2.45, 2.75) is 31.2 Å². The third-order valence-corrected chi connectivity index (χ3v) is 5.96. The highest BCUT2D eigenvalue weighted by Gasteiger charge is 2.49. The van der Waals surface area contributed by atoms with E-state index in [1.165, 1.54) is 0 Å². The van der Waals surface area contributed by atoms with Crippen molar-refractivity contribution in [1.82, 2.24) is 19.9 Å². The summed E-state index contributed by atoms with van der Waals surface area (Å²) in [6.45, 7) is 1.82. The minimum absolute atomic E-state index is 0.386. The molecule has 2 aliphatic rings. The second kappa shape index (κ2) is 6.51. The molecule has 7 nitrogen and oxygen atoms in total. The number of nitrogens with zero attached hydrogens (tertiary/aromatic N) is 4. The van der Waals surface area contributed by atoms with E-state index >= 15 is 0 Å². The van der Waals surface area contributed by atoms with E-state index in [0.29, 0.717) is 18.5 Å². The molecule has 5 rings (SSSR count). The van der Waals surface area contributed by atoms with Gasteiger partial charge in [0, 0.05) is 44.5 Å². The van der Waals surface area contributed by atoms with Crippen molar-refractivity contribution in [2.75, 3.05) is 30.4 Å². The minimum atomic E-state index is -0.452. The van der Waals surface area contributed by atoms with E-state index in [9.17, 15) is 5.11 Å². The van der Waals surface area contributed by atoms with Crippen LogP contribution in [0.2, 0.25) is 0 Å². The van der Waals surface area contributed by atoms with Crippen LogP contribution in [0.25, 0.3) is 11.0 Å². The van der Waals surface area contributed by atoms with Crippen LogP contribution in [0.15, 0.2) is 42.9 Å². The highest BCUT2D eigenvalue weighted by Crippen LogP contribution is 2.38. The number of aromatic nitrogens is 3. The lowest BCUT2D eigenvalue weighted by molar-refractivity contribution is -0.0139. The molecule has 3 N–H and O–H groups in total. The monoisotopic (exact) mass is 364 g/mol. The molecule has 3 atom stereocenters. The molecule has 2 fully saturated rings. The van der Waals surface area contributed by atoms with Gasteiger partial charge in [-0.25, -0.2) is 9.97 Å². The maximum Gasteiger partial charge on any atom is 0.142 e. The number of likely N-dealkylation sites (tertiary alicyclic amines) is 1. The van der Waals surface area contributed by atoms with Gasteiger partial charge < -0.3 is 20.3 Å². The number of hydrogen-bond acceptors (Lipinski definition) is 6. The predicted molar refractivity (Wildman–Crippen MR) is 106 cm³/mol. The molecule has 7 heteroatoms. The van der Waals surface area contributed by atoms with Crippen molar-refractivity contribution in [1.29, 1.82) is 0 Å². The van der Waals surface area contributed by atoms with Gasteiger partial charge in [0.1, 0.15) is 24.0 Å². The number of nitrogens with one attached hydrogen (secondary N) is 2. The number of benzene rings is 1. The van der Waals surface area contributed by atoms with Crippen LogP contribution in [0.4, 0.5) is 11.5 Å². The Labute approximate surface area is 158 Å². The molecule has 3 aromatic rings. The third kappa shape index (κ3) is 2.74. The number of aromatic amines is 1. The van der Waals surface area contributed by atoms with E-state index in [1.54, 1.807) is 6.33 Å². The Kier molecular flexibility index (Phi) is 3.98. The molecule has 2 saturated heterocycles. The largest absolute Gasteiger partial charge is 0.388 e. The smallest absolute Gasteiger partial charge is 0.142 e. The average molecular weight is 364 g/mol. The van der Waals surface area contributed by atoms with Crippen molar-refractivity contribution in [3.8, 4) is 0 Å². The fraction of sp³-hybridized carbons (Fsp3) is 0.400. The molecule has 0 amide bonds. The maximum absolute atomic E-state index is 10.8. The van der Waals surface area contributed by atoms with Crippen molar-refractivity contribution in [3.05, 3.63) is 48.4 Å². The molecule has 1 aromatic carbocycles. The maximum atomic E-state index is 10.8. The van der Waals surface area contributed by atoms with Crippen LogP contribution in [-0.2, 0) is 6.42 Å². The number of hydrogen-bond donors (Lipinski definition) is 3. The summed E-state index contributed by atoms with van der Waals surface area (Å²) in [4.78, 5) is 16.6. The van der Waals surface area contributed by atoms with Gasteiger partial charge >= 0.3 is 0 Å². The van der Waals surface area contributed by atoms with Crippen molar-refractivity contribution in [2.24, 2.45) is 0 Å². The van der Waals surface area contributed by atoms with Gasteiger partial charge in [-0.15, -0.1) is 0 Å². The molecule has 0 bridgehead atoms. The summed E-state index contributed by atoms with van der Waals surface area (Å²) in [5, 5.41) is 15.1. The van der Waals surface area contributed by atoms with Crippen molar-refractivity contribution >= 4 is 22.5 Å². The predicted octanol–water partition coefficient (Wildman–Crippen LogP) is 1.82. The number of rotatable bonds is 5. The second-order valence-corrected chi connectivity index (χ2v) is 7.39. The normalized spacial score (nSPS) is 23.3. The highest BCUT2D eigenvalue weighted by molar-refractivity contribution is 5.88. The summed E-state index contributed by atoms with van der Waals surface area (Å²) < 4.78 is 0. The first-order valence-corrected chi connectivity index (χ1v) is 9.50. The summed E-state index contributed by atoms with van der Waals surface area (Å²) in [5.41, 5.74) is 3.11. The minimum Gasteiger partial charge on any atom is -0.388 e. The second-order valence-electron chi connectivity index (χ2n) is 7.39. The Morgan fingerprint density at radius 2 is 2.22 bits per heavy atom. The Hall–Kier alpha value is -2.64. The van der Waals surface area contributed by atoms with Gasteiger partial charge in [-0.3, -0.25) is 4.90 Å². The molecule has 0 spiro atoms. The zero-order valence-corrected chi connectivity index (χ0v) is 15.3. The van der Waals surface area contributed by atoms with Crippen LogP contribution >= 0.6 is 0 Å². The van der Waals surface area contributed by atoms with Gasteiger partial charge in [0.15, 0.2) is 0 Å². The molecular formula is C20H24N6O. The molecule has 140 valence electrons. The SMILES string of the molecule is CNc1cccc(CC(O)N2CCC3C2CN3c2ncnc3[nH]ccc23)c1. The Balaban J connectivity index is 1.29. The molecule has 0 saturated carbocycles. The van der Waals surface area contributed by atoms with Gasteiger partial charge in [-0.05, 0) is 30.2 Å². The first-order valence-electron chi connectivity index (χ1n) is 9.50. The summed E-state index contributed by atoms with van der Waals surface area (Å²) in [7, 11) is 1.91. The van der Waals surface area contributed by atoms with Crippen LogP contribution < -0.4 is 10.2 Å². The summed E-state index contributed by atoms with van der Waals surface area (Å²) in [5.74, 6) is 1.00. The van der Waals surface area contributed by atoms with E-state index in [0.717, 1.165) is 47.6 Å². The third-order valence-electron chi connectivity index (χ3n) is 5.96. The highest BCUT2D eigenvalue weighted by atomic mass is 16.3. The topological polar surface area (TPSA) is 80.3 Å². The fourth-order valence-electron chi connectivity index (χ4n) is 4.53. The van der Waals surface area contributed by atoms with E-state index in [-0.39, 0.29) is 0 Å². The molecule has 0 aliphatic carbocycles. The molecule has 2 aromatic heterocycles. The lowest BCUT2D eigenvalue weighted by Crippen LogP contribution is -2.64. The molecule has 2 aliphatic heterocycles. The van der Waals surface area contributed by atoms with Gasteiger partial charge in [-0.1, -0.05) is 12.1 Å². The Morgan fingerprint density at radius 3 is 3.11 bits per heavy atom. The van der Waals surface area contributed by atoms with Crippen LogP contribution in [0.5, 0.6) is 0 Å². The van der Waals surface area contributed by atoms with Gasteiger partial charge in [0.25, 0.3) is 0 Å². The molecule has 27 heavy (non-hydrogen) atoms. The Bertz CT molecular complexity index is 956. The van der Waals surface area contributed by atoms with Crippen molar-refractivity contribution < 1.29 is 5.11 Å². The fourth-order valence-corrected chi connectivity index (χ4v) is 4.53. The van der Waals surface area contributed by atoms with E-state index in [2.05, 4.69) is 42.2 Å². The summed E-state index contributed by atoms with van der Waals surface area (Å²) in [6.07, 6.45) is 4.77. The van der Waals surface area contributed by atoms with Crippen LogP contribution in [0.3, 0.4) is 0 Å². The number of fused-ring (bicyclic) bond motifs is 2. The number of aliphatic hydroxyl groups excluding tert-OH is 1. The van der Waals surface area contributed by atoms with Gasteiger partial charge in [0.05, 0.1) is 11.4 Å². The van der Waals surface area contributed by atoms with E-state index in [4.69, 9.17) is 0 Å². The van der Waals surface area contributed by atoms with Crippen LogP contribution in [0, 0.1) is 0 Å². The standard InChI is InChI=1S/C20H24N6O/c1-21-14-4-2-3-13(9-14)10-18(27)25-8-6-16-17(25)11-26(16)20-15-5-7-22-19(15)23-12-24-20/h2-5,7,9,12,16-18,21,27H,6,8,10-11H2,1H3,(H,22,23,24). The number of anilines is 2.